The lowest BCUT2D eigenvalue weighted by Crippen LogP contribution is -2.48. The molecule has 0 unspecified atom stereocenters. The molecule has 0 aromatic heterocycles. The summed E-state index contributed by atoms with van der Waals surface area (Å²) in [6, 6.07) is 4.36. The van der Waals surface area contributed by atoms with Crippen molar-refractivity contribution in [2.24, 2.45) is 11.7 Å². The van der Waals surface area contributed by atoms with Crippen LogP contribution in [0.1, 0.15) is 48.0 Å². The lowest BCUT2D eigenvalue weighted by atomic mass is 9.75. The number of amides is 1. The van der Waals surface area contributed by atoms with Gasteiger partial charge in [0.2, 0.25) is 5.91 Å². The van der Waals surface area contributed by atoms with E-state index in [1.165, 1.54) is 18.2 Å². The van der Waals surface area contributed by atoms with E-state index >= 15 is 0 Å². The van der Waals surface area contributed by atoms with Gasteiger partial charge < -0.3 is 31.3 Å². The van der Waals surface area contributed by atoms with Crippen molar-refractivity contribution in [1.82, 2.24) is 5.32 Å². The molecule has 7 N–H and O–H groups in total. The molecule has 1 atom stereocenters. The quantitative estimate of drug-likeness (QED) is 0.373. The van der Waals surface area contributed by atoms with Gasteiger partial charge in [0.1, 0.15) is 11.3 Å². The molecular formula is C17H25BN2O6. The van der Waals surface area contributed by atoms with E-state index in [-0.39, 0.29) is 41.8 Å². The second-order valence-electron chi connectivity index (χ2n) is 6.90. The van der Waals surface area contributed by atoms with Crippen molar-refractivity contribution in [1.29, 1.82) is 0 Å². The summed E-state index contributed by atoms with van der Waals surface area (Å²) in [5, 5.41) is 40.8. The largest absolute Gasteiger partial charge is 0.507 e. The molecule has 0 radical (unpaired) electrons. The van der Waals surface area contributed by atoms with Crippen LogP contribution in [0.5, 0.6) is 5.75 Å². The van der Waals surface area contributed by atoms with Gasteiger partial charge in [-0.1, -0.05) is 12.1 Å². The van der Waals surface area contributed by atoms with E-state index in [2.05, 4.69) is 5.32 Å². The Morgan fingerprint density at radius 3 is 2.46 bits per heavy atom. The van der Waals surface area contributed by atoms with Crippen LogP contribution in [0.3, 0.4) is 0 Å². The second kappa shape index (κ2) is 9.02. The number of nitrogens with one attached hydrogen (secondary N) is 1. The highest BCUT2D eigenvalue weighted by molar-refractivity contribution is 6.43. The standard InChI is InChI=1S/C17H25BN2O6/c19-12-6-4-10(5-7-12)8-15(21)20-14(18(25)26)9-11-2-1-3-13(16(11)22)17(23)24/h1-3,10,12,14,22,25-26H,4-9,19H2,(H,20,21)(H,23,24)/t10?,12?,14-/m0/s1. The van der Waals surface area contributed by atoms with Crippen LogP contribution in [0.4, 0.5) is 0 Å². The average molecular weight is 364 g/mol. The number of carbonyl (C=O) groups excluding carboxylic acids is 1. The molecule has 1 aliphatic carbocycles. The first-order chi connectivity index (χ1) is 12.3. The average Bonchev–Trinajstić information content (AvgIpc) is 2.57. The van der Waals surface area contributed by atoms with Crippen molar-refractivity contribution >= 4 is 19.0 Å². The Kier molecular flexibility index (Phi) is 7.02. The third kappa shape index (κ3) is 5.45. The molecule has 1 fully saturated rings. The third-order valence-electron chi connectivity index (χ3n) is 4.86. The van der Waals surface area contributed by atoms with Crippen LogP contribution in [0.25, 0.3) is 0 Å². The number of aromatic hydroxyl groups is 1. The Bertz CT molecular complexity index is 646. The smallest absolute Gasteiger partial charge is 0.475 e. The molecule has 0 aliphatic heterocycles. The molecule has 142 valence electrons. The predicted octanol–water partition coefficient (Wildman–Crippen LogP) is 0.0373. The van der Waals surface area contributed by atoms with Gasteiger partial charge >= 0.3 is 13.1 Å². The number of carboxylic acids is 1. The van der Waals surface area contributed by atoms with Crippen LogP contribution in [0.15, 0.2) is 18.2 Å². The van der Waals surface area contributed by atoms with Crippen molar-refractivity contribution in [2.45, 2.75) is 50.5 Å². The fraction of sp³-hybridized carbons (Fsp3) is 0.529. The first kappa shape index (κ1) is 20.2. The number of aromatic carboxylic acids is 1. The molecule has 1 amide bonds. The molecule has 9 heteroatoms. The predicted molar refractivity (Wildman–Crippen MR) is 95.4 cm³/mol. The molecular weight excluding hydrogens is 339 g/mol. The summed E-state index contributed by atoms with van der Waals surface area (Å²) in [6.45, 7) is 0. The monoisotopic (exact) mass is 364 g/mol. The van der Waals surface area contributed by atoms with Gasteiger partial charge in [0.25, 0.3) is 0 Å². The first-order valence-electron chi connectivity index (χ1n) is 8.73. The molecule has 1 aliphatic rings. The molecule has 1 saturated carbocycles. The summed E-state index contributed by atoms with van der Waals surface area (Å²) in [6.07, 6.45) is 3.65. The van der Waals surface area contributed by atoms with E-state index in [1.54, 1.807) is 0 Å². The highest BCUT2D eigenvalue weighted by Crippen LogP contribution is 2.26. The summed E-state index contributed by atoms with van der Waals surface area (Å²) in [4.78, 5) is 23.3. The number of carbonyl (C=O) groups is 2. The summed E-state index contributed by atoms with van der Waals surface area (Å²) >= 11 is 0. The van der Waals surface area contributed by atoms with Crippen LogP contribution in [-0.2, 0) is 11.2 Å². The van der Waals surface area contributed by atoms with Gasteiger partial charge in [0, 0.05) is 12.5 Å². The minimum absolute atomic E-state index is 0.105. The molecule has 1 aromatic carbocycles. The van der Waals surface area contributed by atoms with Crippen LogP contribution >= 0.6 is 0 Å². The zero-order chi connectivity index (χ0) is 19.3. The van der Waals surface area contributed by atoms with E-state index in [0.717, 1.165) is 25.7 Å². The summed E-state index contributed by atoms with van der Waals surface area (Å²) in [5.74, 6) is -2.87. The van der Waals surface area contributed by atoms with E-state index in [0.29, 0.717) is 0 Å². The maximum atomic E-state index is 12.2. The zero-order valence-corrected chi connectivity index (χ0v) is 14.5. The number of hydrogen-bond acceptors (Lipinski definition) is 6. The zero-order valence-electron chi connectivity index (χ0n) is 14.5. The highest BCUT2D eigenvalue weighted by Gasteiger charge is 2.29. The van der Waals surface area contributed by atoms with Crippen molar-refractivity contribution in [2.75, 3.05) is 0 Å². The Hall–Kier alpha value is -2.10. The minimum Gasteiger partial charge on any atom is -0.507 e. The van der Waals surface area contributed by atoms with Gasteiger partial charge in [-0.05, 0) is 49.7 Å². The van der Waals surface area contributed by atoms with Crippen LogP contribution in [0, 0.1) is 5.92 Å². The van der Waals surface area contributed by atoms with Crippen molar-refractivity contribution in [3.05, 3.63) is 29.3 Å². The maximum absolute atomic E-state index is 12.2. The molecule has 26 heavy (non-hydrogen) atoms. The second-order valence-corrected chi connectivity index (χ2v) is 6.90. The fourth-order valence-corrected chi connectivity index (χ4v) is 3.32. The van der Waals surface area contributed by atoms with Crippen LogP contribution < -0.4 is 11.1 Å². The molecule has 0 heterocycles. The van der Waals surface area contributed by atoms with E-state index in [1.807, 2.05) is 0 Å². The van der Waals surface area contributed by atoms with Gasteiger partial charge in [0.15, 0.2) is 0 Å². The normalized spacial score (nSPS) is 21.0. The Morgan fingerprint density at radius 2 is 1.88 bits per heavy atom. The lowest BCUT2D eigenvalue weighted by Gasteiger charge is -2.26. The third-order valence-corrected chi connectivity index (χ3v) is 4.86. The van der Waals surface area contributed by atoms with Gasteiger partial charge in [-0.15, -0.1) is 0 Å². The lowest BCUT2D eigenvalue weighted by molar-refractivity contribution is -0.122. The van der Waals surface area contributed by atoms with Crippen molar-refractivity contribution < 1.29 is 29.9 Å². The SMILES string of the molecule is NC1CCC(CC(=O)N[C@@H](Cc2cccc(C(=O)O)c2O)B(O)O)CC1. The number of hydrogen-bond donors (Lipinski definition) is 6. The van der Waals surface area contributed by atoms with Crippen LogP contribution in [0.2, 0.25) is 0 Å². The summed E-state index contributed by atoms with van der Waals surface area (Å²) in [7, 11) is -1.84. The van der Waals surface area contributed by atoms with Crippen molar-refractivity contribution in [3.8, 4) is 5.75 Å². The minimum atomic E-state index is -1.84. The van der Waals surface area contributed by atoms with Gasteiger partial charge in [-0.2, -0.15) is 0 Å². The molecule has 8 nitrogen and oxygen atoms in total. The Labute approximate surface area is 152 Å². The summed E-state index contributed by atoms with van der Waals surface area (Å²) in [5.41, 5.74) is 5.79. The highest BCUT2D eigenvalue weighted by atomic mass is 16.4. The number of benzene rings is 1. The number of rotatable bonds is 7. The molecule has 0 spiro atoms. The number of carboxylic acid groups (broad SMARTS) is 1. The first-order valence-corrected chi connectivity index (χ1v) is 8.73. The van der Waals surface area contributed by atoms with Crippen molar-refractivity contribution in [3.63, 3.8) is 0 Å². The Balaban J connectivity index is 2.00. The molecule has 1 aromatic rings. The van der Waals surface area contributed by atoms with E-state index in [9.17, 15) is 24.7 Å². The molecule has 2 rings (SSSR count). The van der Waals surface area contributed by atoms with Gasteiger partial charge in [-0.25, -0.2) is 4.79 Å². The van der Waals surface area contributed by atoms with E-state index < -0.39 is 24.8 Å². The Morgan fingerprint density at radius 1 is 1.23 bits per heavy atom. The topological polar surface area (TPSA) is 153 Å². The summed E-state index contributed by atoms with van der Waals surface area (Å²) < 4.78 is 0. The number of nitrogens with two attached hydrogens (primary N) is 1. The van der Waals surface area contributed by atoms with E-state index in [4.69, 9.17) is 10.8 Å². The van der Waals surface area contributed by atoms with Crippen LogP contribution in [-0.4, -0.2) is 51.2 Å². The number of phenols is 1. The maximum Gasteiger partial charge on any atom is 0.475 e. The number of para-hydroxylation sites is 1. The fourth-order valence-electron chi connectivity index (χ4n) is 3.32. The van der Waals surface area contributed by atoms with Gasteiger partial charge in [-0.3, -0.25) is 4.79 Å². The molecule has 0 bridgehead atoms. The molecule has 0 saturated heterocycles. The van der Waals surface area contributed by atoms with Gasteiger partial charge in [0.05, 0.1) is 5.94 Å².